The van der Waals surface area contributed by atoms with Gasteiger partial charge in [0.1, 0.15) is 11.6 Å². The number of ether oxygens (including phenoxy) is 1. The van der Waals surface area contributed by atoms with Crippen molar-refractivity contribution in [2.75, 3.05) is 12.4 Å². The molecular formula is C11H9F2N3O. The quantitative estimate of drug-likeness (QED) is 0.891. The molecule has 1 heterocycles. The van der Waals surface area contributed by atoms with E-state index >= 15 is 0 Å². The Balaban J connectivity index is 2.29. The van der Waals surface area contributed by atoms with Crippen LogP contribution in [0.2, 0.25) is 0 Å². The Morgan fingerprint density at radius 3 is 2.82 bits per heavy atom. The van der Waals surface area contributed by atoms with Gasteiger partial charge in [0.15, 0.2) is 0 Å². The zero-order chi connectivity index (χ0) is 12.3. The van der Waals surface area contributed by atoms with Crippen LogP contribution in [0.5, 0.6) is 11.6 Å². The van der Waals surface area contributed by atoms with E-state index in [0.29, 0.717) is 0 Å². The summed E-state index contributed by atoms with van der Waals surface area (Å²) in [5, 5.41) is 2.65. The highest BCUT2D eigenvalue weighted by molar-refractivity contribution is 5.31. The fourth-order valence-electron chi connectivity index (χ4n) is 1.19. The van der Waals surface area contributed by atoms with Crippen LogP contribution in [-0.4, -0.2) is 17.0 Å². The van der Waals surface area contributed by atoms with Crippen molar-refractivity contribution in [2.24, 2.45) is 0 Å². The van der Waals surface area contributed by atoms with Crippen LogP contribution in [0.15, 0.2) is 30.5 Å². The van der Waals surface area contributed by atoms with Crippen LogP contribution in [-0.2, 0) is 0 Å². The number of aromatic nitrogens is 2. The molecule has 0 bridgehead atoms. The Hall–Kier alpha value is -2.24. The summed E-state index contributed by atoms with van der Waals surface area (Å²) in [5.74, 6) is -1.04. The fraction of sp³-hybridized carbons (Fsp3) is 0.0909. The van der Waals surface area contributed by atoms with Gasteiger partial charge in [0.05, 0.1) is 6.20 Å². The van der Waals surface area contributed by atoms with Gasteiger partial charge in [-0.15, -0.1) is 0 Å². The van der Waals surface area contributed by atoms with Gasteiger partial charge < -0.3 is 10.1 Å². The molecule has 0 aliphatic carbocycles. The first-order valence-electron chi connectivity index (χ1n) is 4.83. The molecule has 0 aliphatic heterocycles. The number of hydrogen-bond acceptors (Lipinski definition) is 4. The first-order valence-corrected chi connectivity index (χ1v) is 4.83. The van der Waals surface area contributed by atoms with E-state index in [9.17, 15) is 8.78 Å². The summed E-state index contributed by atoms with van der Waals surface area (Å²) in [5.41, 5.74) is 0. The summed E-state index contributed by atoms with van der Waals surface area (Å²) in [7, 11) is 1.60. The normalized spacial score (nSPS) is 10.1. The summed E-state index contributed by atoms with van der Waals surface area (Å²) in [6, 6.07) is 5.37. The maximum absolute atomic E-state index is 13.3. The van der Waals surface area contributed by atoms with Gasteiger partial charge in [0.2, 0.25) is 11.8 Å². The molecule has 0 unspecified atom stereocenters. The van der Waals surface area contributed by atoms with Crippen LogP contribution in [0.1, 0.15) is 0 Å². The van der Waals surface area contributed by atoms with Crippen LogP contribution < -0.4 is 10.1 Å². The molecule has 4 nitrogen and oxygen atoms in total. The lowest BCUT2D eigenvalue weighted by Crippen LogP contribution is -2.00. The highest BCUT2D eigenvalue weighted by atomic mass is 19.1. The second-order valence-electron chi connectivity index (χ2n) is 3.16. The number of rotatable bonds is 3. The van der Waals surface area contributed by atoms with Crippen molar-refractivity contribution in [1.29, 1.82) is 0 Å². The van der Waals surface area contributed by atoms with Crippen LogP contribution in [0.25, 0.3) is 0 Å². The molecule has 2 aromatic rings. The zero-order valence-electron chi connectivity index (χ0n) is 8.95. The Kier molecular flexibility index (Phi) is 3.13. The first kappa shape index (κ1) is 11.3. The first-order chi connectivity index (χ1) is 8.19. The molecule has 1 aromatic carbocycles. The van der Waals surface area contributed by atoms with Crippen molar-refractivity contribution in [3.8, 4) is 11.6 Å². The molecule has 6 heteroatoms. The predicted octanol–water partition coefficient (Wildman–Crippen LogP) is 2.59. The average Bonchev–Trinajstić information content (AvgIpc) is 2.32. The Morgan fingerprint density at radius 2 is 2.12 bits per heavy atom. The Morgan fingerprint density at radius 1 is 1.29 bits per heavy atom. The summed E-state index contributed by atoms with van der Waals surface area (Å²) >= 11 is 0. The van der Waals surface area contributed by atoms with Gasteiger partial charge in [-0.25, -0.2) is 9.37 Å². The second kappa shape index (κ2) is 4.73. The minimum Gasteiger partial charge on any atom is -0.436 e. The van der Waals surface area contributed by atoms with E-state index in [0.717, 1.165) is 12.3 Å². The smallest absolute Gasteiger partial charge is 0.260 e. The second-order valence-corrected chi connectivity index (χ2v) is 3.16. The molecule has 0 radical (unpaired) electrons. The molecule has 0 spiro atoms. The summed E-state index contributed by atoms with van der Waals surface area (Å²) < 4.78 is 31.3. The minimum atomic E-state index is -0.715. The minimum absolute atomic E-state index is 0.171. The Labute approximate surface area is 96.3 Å². The van der Waals surface area contributed by atoms with Crippen molar-refractivity contribution in [1.82, 2.24) is 9.97 Å². The molecule has 0 saturated heterocycles. The van der Waals surface area contributed by atoms with E-state index in [1.807, 2.05) is 0 Å². The topological polar surface area (TPSA) is 47.0 Å². The van der Waals surface area contributed by atoms with E-state index < -0.39 is 11.6 Å². The largest absolute Gasteiger partial charge is 0.436 e. The average molecular weight is 237 g/mol. The number of anilines is 1. The number of halogens is 2. The molecular weight excluding hydrogens is 228 g/mol. The van der Waals surface area contributed by atoms with E-state index in [1.165, 1.54) is 18.2 Å². The summed E-state index contributed by atoms with van der Waals surface area (Å²) in [6.45, 7) is 0. The molecule has 0 saturated carbocycles. The van der Waals surface area contributed by atoms with Crippen molar-refractivity contribution in [3.63, 3.8) is 0 Å². The number of hydrogen-bond donors (Lipinski definition) is 1. The Bertz CT molecular complexity index is 534. The van der Waals surface area contributed by atoms with Crippen LogP contribution in [0.4, 0.5) is 14.7 Å². The van der Waals surface area contributed by atoms with Gasteiger partial charge in [-0.1, -0.05) is 6.07 Å². The molecule has 88 valence electrons. The monoisotopic (exact) mass is 237 g/mol. The molecule has 0 fully saturated rings. The van der Waals surface area contributed by atoms with Gasteiger partial charge in [0, 0.05) is 13.1 Å². The molecule has 1 N–H and O–H groups in total. The highest BCUT2D eigenvalue weighted by Gasteiger charge is 2.09. The zero-order valence-corrected chi connectivity index (χ0v) is 8.95. The lowest BCUT2D eigenvalue weighted by molar-refractivity contribution is 0.418. The third kappa shape index (κ3) is 2.66. The third-order valence-corrected chi connectivity index (χ3v) is 1.95. The van der Waals surface area contributed by atoms with Gasteiger partial charge >= 0.3 is 0 Å². The van der Waals surface area contributed by atoms with E-state index in [4.69, 9.17) is 4.74 Å². The summed E-state index contributed by atoms with van der Waals surface area (Å²) in [4.78, 5) is 7.44. The fourth-order valence-corrected chi connectivity index (χ4v) is 1.19. The van der Waals surface area contributed by atoms with Gasteiger partial charge in [-0.3, -0.25) is 0 Å². The maximum atomic E-state index is 13.3. The molecule has 1 aromatic heterocycles. The highest BCUT2D eigenvalue weighted by Crippen LogP contribution is 2.23. The van der Waals surface area contributed by atoms with Crippen molar-refractivity contribution < 1.29 is 13.5 Å². The molecule has 0 aliphatic rings. The van der Waals surface area contributed by atoms with Crippen LogP contribution in [0.3, 0.4) is 0 Å². The van der Waals surface area contributed by atoms with Crippen LogP contribution >= 0.6 is 0 Å². The van der Waals surface area contributed by atoms with Crippen LogP contribution in [0, 0.1) is 11.6 Å². The molecule has 0 amide bonds. The lowest BCUT2D eigenvalue weighted by Gasteiger charge is -2.06. The van der Waals surface area contributed by atoms with E-state index in [-0.39, 0.29) is 17.6 Å². The van der Waals surface area contributed by atoms with Crippen molar-refractivity contribution in [2.45, 2.75) is 0 Å². The summed E-state index contributed by atoms with van der Waals surface area (Å²) in [6.07, 6.45) is 0.980. The lowest BCUT2D eigenvalue weighted by atomic mass is 10.3. The van der Waals surface area contributed by atoms with E-state index in [1.54, 1.807) is 7.05 Å². The van der Waals surface area contributed by atoms with E-state index in [2.05, 4.69) is 15.3 Å². The number of nitrogens with one attached hydrogen (secondary N) is 1. The number of benzene rings is 1. The maximum Gasteiger partial charge on any atom is 0.260 e. The molecule has 2 rings (SSSR count). The van der Waals surface area contributed by atoms with Gasteiger partial charge in [-0.05, 0) is 12.1 Å². The van der Waals surface area contributed by atoms with Gasteiger partial charge in [0.25, 0.3) is 5.88 Å². The standard InChI is InChI=1S/C11H9F2N3O/c1-14-11-15-6-9(13)10(16-11)17-8-4-2-3-7(12)5-8/h2-6H,1H3,(H,14,15,16). The van der Waals surface area contributed by atoms with Gasteiger partial charge in [-0.2, -0.15) is 9.37 Å². The van der Waals surface area contributed by atoms with Crippen molar-refractivity contribution >= 4 is 5.95 Å². The predicted molar refractivity (Wildman–Crippen MR) is 58.0 cm³/mol. The molecule has 17 heavy (non-hydrogen) atoms. The number of nitrogens with zero attached hydrogens (tertiary/aromatic N) is 2. The van der Waals surface area contributed by atoms with Crippen molar-refractivity contribution in [3.05, 3.63) is 42.1 Å². The SMILES string of the molecule is CNc1ncc(F)c(Oc2cccc(F)c2)n1. The molecule has 0 atom stereocenters. The third-order valence-electron chi connectivity index (χ3n) is 1.95.